The third kappa shape index (κ3) is 2.39. The Balaban J connectivity index is 2.05. The lowest BCUT2D eigenvalue weighted by atomic mass is 9.95. The van der Waals surface area contributed by atoms with E-state index in [1.165, 1.54) is 22.4 Å². The number of para-hydroxylation sites is 1. The number of hydrogen-bond donors (Lipinski definition) is 0. The summed E-state index contributed by atoms with van der Waals surface area (Å²) in [6, 6.07) is 17.4. The molecule has 0 spiro atoms. The Hall–Kier alpha value is -2.28. The van der Waals surface area contributed by atoms with Gasteiger partial charge in [-0.05, 0) is 17.2 Å². The standard InChI is InChI=1S/C19H19N/c1-20(2)19-13-6-5-12-18(19)17-11-7-10-16(14-17)15-8-3-4-9-15/h3-15H,1-2H3. The van der Waals surface area contributed by atoms with E-state index in [2.05, 4.69) is 91.8 Å². The van der Waals surface area contributed by atoms with Crippen LogP contribution in [0.4, 0.5) is 5.69 Å². The Morgan fingerprint density at radius 1 is 0.850 bits per heavy atom. The maximum atomic E-state index is 2.30. The zero-order chi connectivity index (χ0) is 13.9. The van der Waals surface area contributed by atoms with Gasteiger partial charge in [0.05, 0.1) is 0 Å². The summed E-state index contributed by atoms with van der Waals surface area (Å²) >= 11 is 0. The van der Waals surface area contributed by atoms with Crippen molar-refractivity contribution < 1.29 is 0 Å². The lowest BCUT2D eigenvalue weighted by Crippen LogP contribution is -2.09. The maximum absolute atomic E-state index is 2.30. The Bertz CT molecular complexity index is 653. The molecule has 3 rings (SSSR count). The second-order valence-corrected chi connectivity index (χ2v) is 5.33. The molecule has 2 aromatic rings. The quantitative estimate of drug-likeness (QED) is 0.778. The molecule has 2 aromatic carbocycles. The molecule has 0 saturated carbocycles. The largest absolute Gasteiger partial charge is 0.377 e. The molecule has 1 aliphatic rings. The third-order valence-corrected chi connectivity index (χ3v) is 3.72. The molecule has 0 unspecified atom stereocenters. The molecule has 100 valence electrons. The fraction of sp³-hybridized carbons (Fsp3) is 0.158. The van der Waals surface area contributed by atoms with Gasteiger partial charge in [0, 0.05) is 31.3 Å². The van der Waals surface area contributed by atoms with Crippen molar-refractivity contribution in [1.82, 2.24) is 0 Å². The molecule has 20 heavy (non-hydrogen) atoms. The van der Waals surface area contributed by atoms with Crippen molar-refractivity contribution in [2.24, 2.45) is 0 Å². The van der Waals surface area contributed by atoms with Crippen LogP contribution in [0.15, 0.2) is 72.8 Å². The van der Waals surface area contributed by atoms with Crippen molar-refractivity contribution in [2.75, 3.05) is 19.0 Å². The Labute approximate surface area is 120 Å². The molecule has 0 atom stereocenters. The number of benzene rings is 2. The lowest BCUT2D eigenvalue weighted by Gasteiger charge is -2.18. The van der Waals surface area contributed by atoms with Gasteiger partial charge in [-0.25, -0.2) is 0 Å². The molecule has 0 amide bonds. The van der Waals surface area contributed by atoms with Gasteiger partial charge in [-0.3, -0.25) is 0 Å². The number of rotatable bonds is 3. The molecule has 0 aliphatic heterocycles. The average Bonchev–Trinajstić information content (AvgIpc) is 3.01. The first kappa shape index (κ1) is 12.7. The van der Waals surface area contributed by atoms with Gasteiger partial charge >= 0.3 is 0 Å². The molecule has 0 N–H and O–H groups in total. The van der Waals surface area contributed by atoms with E-state index in [0.717, 1.165) is 0 Å². The SMILES string of the molecule is CN(C)c1ccccc1-c1cccc(C2C=CC=C2)c1. The Morgan fingerprint density at radius 2 is 1.60 bits per heavy atom. The molecule has 0 heterocycles. The molecule has 0 fully saturated rings. The van der Waals surface area contributed by atoms with E-state index < -0.39 is 0 Å². The summed E-state index contributed by atoms with van der Waals surface area (Å²) in [6.45, 7) is 0. The van der Waals surface area contributed by atoms with E-state index in [1.54, 1.807) is 0 Å². The molecule has 1 nitrogen and oxygen atoms in total. The van der Waals surface area contributed by atoms with Gasteiger partial charge in [0.2, 0.25) is 0 Å². The second kappa shape index (κ2) is 5.38. The summed E-state index contributed by atoms with van der Waals surface area (Å²) in [4.78, 5) is 2.16. The van der Waals surface area contributed by atoms with Gasteiger partial charge in [0.15, 0.2) is 0 Å². The number of hydrogen-bond acceptors (Lipinski definition) is 1. The highest BCUT2D eigenvalue weighted by Gasteiger charge is 2.10. The molecule has 1 aliphatic carbocycles. The second-order valence-electron chi connectivity index (χ2n) is 5.33. The van der Waals surface area contributed by atoms with Crippen LogP contribution in [0.5, 0.6) is 0 Å². The molecule has 0 saturated heterocycles. The molecule has 1 heteroatoms. The summed E-state index contributed by atoms with van der Waals surface area (Å²) in [7, 11) is 4.18. The van der Waals surface area contributed by atoms with E-state index in [9.17, 15) is 0 Å². The molecule has 0 aromatic heterocycles. The van der Waals surface area contributed by atoms with Gasteiger partial charge in [-0.2, -0.15) is 0 Å². The number of nitrogens with zero attached hydrogens (tertiary/aromatic N) is 1. The van der Waals surface area contributed by atoms with Gasteiger partial charge in [-0.15, -0.1) is 0 Å². The van der Waals surface area contributed by atoms with Gasteiger partial charge in [0.25, 0.3) is 0 Å². The minimum atomic E-state index is 0.418. The van der Waals surface area contributed by atoms with Crippen LogP contribution in [0.3, 0.4) is 0 Å². The van der Waals surface area contributed by atoms with Crippen LogP contribution in [0.25, 0.3) is 11.1 Å². The van der Waals surface area contributed by atoms with Crippen molar-refractivity contribution in [3.05, 3.63) is 78.4 Å². The van der Waals surface area contributed by atoms with Crippen molar-refractivity contribution >= 4 is 5.69 Å². The van der Waals surface area contributed by atoms with E-state index in [-0.39, 0.29) is 0 Å². The van der Waals surface area contributed by atoms with Gasteiger partial charge in [0.1, 0.15) is 0 Å². The topological polar surface area (TPSA) is 3.24 Å². The molecular weight excluding hydrogens is 242 g/mol. The summed E-state index contributed by atoms with van der Waals surface area (Å²) in [5.41, 5.74) is 5.16. The van der Waals surface area contributed by atoms with E-state index in [1.807, 2.05) is 0 Å². The monoisotopic (exact) mass is 261 g/mol. The van der Waals surface area contributed by atoms with Crippen LogP contribution in [-0.4, -0.2) is 14.1 Å². The van der Waals surface area contributed by atoms with Crippen LogP contribution < -0.4 is 4.90 Å². The normalized spacial score (nSPS) is 13.9. The number of anilines is 1. The fourth-order valence-electron chi connectivity index (χ4n) is 2.68. The van der Waals surface area contributed by atoms with E-state index in [0.29, 0.717) is 5.92 Å². The summed E-state index contributed by atoms with van der Waals surface area (Å²) < 4.78 is 0. The smallest absolute Gasteiger partial charge is 0.0440 e. The zero-order valence-corrected chi connectivity index (χ0v) is 12.0. The van der Waals surface area contributed by atoms with Crippen LogP contribution in [0, 0.1) is 0 Å². The Morgan fingerprint density at radius 3 is 2.35 bits per heavy atom. The minimum Gasteiger partial charge on any atom is -0.377 e. The number of allylic oxidation sites excluding steroid dienone is 4. The highest BCUT2D eigenvalue weighted by Crippen LogP contribution is 2.32. The van der Waals surface area contributed by atoms with Gasteiger partial charge < -0.3 is 4.90 Å². The Kier molecular flexibility index (Phi) is 3.42. The highest BCUT2D eigenvalue weighted by molar-refractivity contribution is 5.78. The molecule has 0 radical (unpaired) electrons. The van der Waals surface area contributed by atoms with Crippen molar-refractivity contribution in [1.29, 1.82) is 0 Å². The van der Waals surface area contributed by atoms with Crippen molar-refractivity contribution in [2.45, 2.75) is 5.92 Å². The minimum absolute atomic E-state index is 0.418. The van der Waals surface area contributed by atoms with Gasteiger partial charge in [-0.1, -0.05) is 66.8 Å². The molecule has 0 bridgehead atoms. The van der Waals surface area contributed by atoms with E-state index in [4.69, 9.17) is 0 Å². The predicted molar refractivity (Wildman–Crippen MR) is 87.2 cm³/mol. The maximum Gasteiger partial charge on any atom is 0.0440 e. The van der Waals surface area contributed by atoms with Crippen LogP contribution in [-0.2, 0) is 0 Å². The first-order chi connectivity index (χ1) is 9.75. The van der Waals surface area contributed by atoms with Crippen LogP contribution >= 0.6 is 0 Å². The first-order valence-corrected chi connectivity index (χ1v) is 6.97. The fourth-order valence-corrected chi connectivity index (χ4v) is 2.68. The first-order valence-electron chi connectivity index (χ1n) is 6.97. The highest BCUT2D eigenvalue weighted by atomic mass is 15.1. The zero-order valence-electron chi connectivity index (χ0n) is 12.0. The summed E-state index contributed by atoms with van der Waals surface area (Å²) in [6.07, 6.45) is 8.70. The van der Waals surface area contributed by atoms with Crippen molar-refractivity contribution in [3.8, 4) is 11.1 Å². The van der Waals surface area contributed by atoms with Crippen molar-refractivity contribution in [3.63, 3.8) is 0 Å². The summed E-state index contributed by atoms with van der Waals surface area (Å²) in [5.74, 6) is 0.418. The predicted octanol–water partition coefficient (Wildman–Crippen LogP) is 4.63. The molecular formula is C19H19N. The van der Waals surface area contributed by atoms with Crippen LogP contribution in [0.1, 0.15) is 11.5 Å². The van der Waals surface area contributed by atoms with Crippen LogP contribution in [0.2, 0.25) is 0 Å². The average molecular weight is 261 g/mol. The summed E-state index contributed by atoms with van der Waals surface area (Å²) in [5, 5.41) is 0. The van der Waals surface area contributed by atoms with E-state index >= 15 is 0 Å². The lowest BCUT2D eigenvalue weighted by molar-refractivity contribution is 1.10. The third-order valence-electron chi connectivity index (χ3n) is 3.72.